The van der Waals surface area contributed by atoms with Gasteiger partial charge in [-0.3, -0.25) is 9.59 Å². The van der Waals surface area contributed by atoms with Gasteiger partial charge in [-0.15, -0.1) is 0 Å². The second kappa shape index (κ2) is 12.0. The molecule has 0 bridgehead atoms. The van der Waals surface area contributed by atoms with E-state index in [2.05, 4.69) is 10.6 Å². The summed E-state index contributed by atoms with van der Waals surface area (Å²) in [6, 6.07) is 17.6. The number of hydrogen-bond acceptors (Lipinski definition) is 5. The SMILES string of the molecule is CCC(C)C(NC(=O)OC(C)(C)C)C(=O)N(C)C(C(=O)Nc1ccc2ccccc2c1)c1cccc(O)c1. The van der Waals surface area contributed by atoms with Crippen LogP contribution in [0.15, 0.2) is 66.7 Å². The van der Waals surface area contributed by atoms with Crippen LogP contribution in [-0.4, -0.2) is 46.6 Å². The van der Waals surface area contributed by atoms with Gasteiger partial charge in [0.25, 0.3) is 5.91 Å². The molecule has 3 aromatic rings. The molecule has 8 nitrogen and oxygen atoms in total. The number of fused-ring (bicyclic) bond motifs is 1. The van der Waals surface area contributed by atoms with Crippen molar-refractivity contribution < 1.29 is 24.2 Å². The Morgan fingerprint density at radius 2 is 1.66 bits per heavy atom. The minimum absolute atomic E-state index is 0.0304. The van der Waals surface area contributed by atoms with Crippen LogP contribution in [0.2, 0.25) is 0 Å². The molecule has 0 aliphatic rings. The number of amides is 3. The van der Waals surface area contributed by atoms with Gasteiger partial charge >= 0.3 is 6.09 Å². The van der Waals surface area contributed by atoms with Crippen molar-refractivity contribution in [1.82, 2.24) is 10.2 Å². The molecule has 38 heavy (non-hydrogen) atoms. The highest BCUT2D eigenvalue weighted by atomic mass is 16.6. The largest absolute Gasteiger partial charge is 0.508 e. The molecule has 0 radical (unpaired) electrons. The molecule has 0 saturated heterocycles. The number of carbonyl (C=O) groups is 3. The van der Waals surface area contributed by atoms with Crippen LogP contribution in [0.5, 0.6) is 5.75 Å². The van der Waals surface area contributed by atoms with Crippen molar-refractivity contribution in [3.05, 3.63) is 72.3 Å². The molecule has 8 heteroatoms. The zero-order valence-corrected chi connectivity index (χ0v) is 22.8. The summed E-state index contributed by atoms with van der Waals surface area (Å²) in [5.74, 6) is -1.17. The van der Waals surface area contributed by atoms with E-state index in [-0.39, 0.29) is 11.7 Å². The number of phenols is 1. The number of nitrogens with one attached hydrogen (secondary N) is 2. The highest BCUT2D eigenvalue weighted by Gasteiger charge is 2.36. The molecule has 3 N–H and O–H groups in total. The summed E-state index contributed by atoms with van der Waals surface area (Å²) in [5, 5.41) is 17.7. The van der Waals surface area contributed by atoms with Gasteiger partial charge in [0.2, 0.25) is 5.91 Å². The quantitative estimate of drug-likeness (QED) is 0.358. The Morgan fingerprint density at radius 3 is 2.29 bits per heavy atom. The number of alkyl carbamates (subject to hydrolysis) is 1. The predicted molar refractivity (Wildman–Crippen MR) is 149 cm³/mol. The van der Waals surface area contributed by atoms with Crippen molar-refractivity contribution in [2.45, 2.75) is 58.7 Å². The Labute approximate surface area is 224 Å². The number of phenolic OH excluding ortho intramolecular Hbond substituents is 1. The van der Waals surface area contributed by atoms with Gasteiger partial charge in [0.1, 0.15) is 23.4 Å². The Morgan fingerprint density at radius 1 is 0.974 bits per heavy atom. The lowest BCUT2D eigenvalue weighted by Crippen LogP contribution is -2.53. The fourth-order valence-corrected chi connectivity index (χ4v) is 4.19. The fourth-order valence-electron chi connectivity index (χ4n) is 4.19. The number of rotatable bonds is 8. The van der Waals surface area contributed by atoms with Crippen molar-refractivity contribution in [2.24, 2.45) is 5.92 Å². The molecule has 0 aromatic heterocycles. The molecule has 202 valence electrons. The van der Waals surface area contributed by atoms with E-state index in [9.17, 15) is 19.5 Å². The third-order valence-electron chi connectivity index (χ3n) is 6.34. The molecule has 0 heterocycles. The van der Waals surface area contributed by atoms with Crippen molar-refractivity contribution >= 4 is 34.4 Å². The molecular weight excluding hydrogens is 482 g/mol. The molecule has 0 spiro atoms. The number of anilines is 1. The number of ether oxygens (including phenoxy) is 1. The van der Waals surface area contributed by atoms with Gasteiger partial charge < -0.3 is 25.4 Å². The zero-order chi connectivity index (χ0) is 28.0. The van der Waals surface area contributed by atoms with Crippen LogP contribution in [0.1, 0.15) is 52.6 Å². The lowest BCUT2D eigenvalue weighted by Gasteiger charge is -2.33. The van der Waals surface area contributed by atoms with Crippen LogP contribution in [0.4, 0.5) is 10.5 Å². The molecule has 3 amide bonds. The average molecular weight is 520 g/mol. The highest BCUT2D eigenvalue weighted by molar-refractivity contribution is 6.00. The number of aromatic hydroxyl groups is 1. The van der Waals surface area contributed by atoms with Crippen molar-refractivity contribution in [1.29, 1.82) is 0 Å². The van der Waals surface area contributed by atoms with E-state index >= 15 is 0 Å². The number of nitrogens with zero attached hydrogens (tertiary/aromatic N) is 1. The maximum Gasteiger partial charge on any atom is 0.408 e. The maximum atomic E-state index is 13.8. The first kappa shape index (κ1) is 28.5. The minimum atomic E-state index is -1.08. The van der Waals surface area contributed by atoms with Gasteiger partial charge in [-0.25, -0.2) is 4.79 Å². The zero-order valence-electron chi connectivity index (χ0n) is 22.8. The van der Waals surface area contributed by atoms with E-state index in [1.165, 1.54) is 24.1 Å². The predicted octanol–water partition coefficient (Wildman–Crippen LogP) is 5.62. The summed E-state index contributed by atoms with van der Waals surface area (Å²) in [6.07, 6.45) is -0.0980. The minimum Gasteiger partial charge on any atom is -0.508 e. The van der Waals surface area contributed by atoms with E-state index in [1.807, 2.05) is 50.2 Å². The van der Waals surface area contributed by atoms with E-state index in [1.54, 1.807) is 39.0 Å². The average Bonchev–Trinajstić information content (AvgIpc) is 2.85. The number of carbonyl (C=O) groups excluding carboxylic acids is 3. The van der Waals surface area contributed by atoms with Gasteiger partial charge in [0.15, 0.2) is 0 Å². The Bertz CT molecular complexity index is 1300. The first-order chi connectivity index (χ1) is 17.9. The molecule has 3 unspecified atom stereocenters. The third kappa shape index (κ3) is 7.25. The first-order valence-corrected chi connectivity index (χ1v) is 12.7. The lowest BCUT2D eigenvalue weighted by atomic mass is 9.96. The van der Waals surface area contributed by atoms with Crippen LogP contribution in [0.25, 0.3) is 10.8 Å². The van der Waals surface area contributed by atoms with Crippen LogP contribution in [-0.2, 0) is 14.3 Å². The highest BCUT2D eigenvalue weighted by Crippen LogP contribution is 2.27. The summed E-state index contributed by atoms with van der Waals surface area (Å²) in [4.78, 5) is 41.3. The second-order valence-corrected chi connectivity index (χ2v) is 10.5. The van der Waals surface area contributed by atoms with Crippen LogP contribution < -0.4 is 10.6 Å². The van der Waals surface area contributed by atoms with Gasteiger partial charge in [-0.2, -0.15) is 0 Å². The maximum absolute atomic E-state index is 13.8. The molecule has 0 aliphatic carbocycles. The monoisotopic (exact) mass is 519 g/mol. The number of benzene rings is 3. The summed E-state index contributed by atoms with van der Waals surface area (Å²) in [5.41, 5.74) is 0.271. The molecule has 3 aromatic carbocycles. The number of hydrogen-bond donors (Lipinski definition) is 3. The number of likely N-dealkylation sites (N-methyl/N-ethyl adjacent to an activating group) is 1. The molecule has 0 fully saturated rings. The topological polar surface area (TPSA) is 108 Å². The molecule has 0 aliphatic heterocycles. The van der Waals surface area contributed by atoms with Crippen molar-refractivity contribution in [2.75, 3.05) is 12.4 Å². The fraction of sp³-hybridized carbons (Fsp3) is 0.367. The molecule has 0 saturated carbocycles. The van der Waals surface area contributed by atoms with Gasteiger partial charge in [-0.1, -0.05) is 62.7 Å². The second-order valence-electron chi connectivity index (χ2n) is 10.5. The van der Waals surface area contributed by atoms with Gasteiger partial charge in [-0.05, 0) is 67.3 Å². The Hall–Kier alpha value is -4.07. The molecular formula is C30H37N3O5. The van der Waals surface area contributed by atoms with Gasteiger partial charge in [0.05, 0.1) is 0 Å². The first-order valence-electron chi connectivity index (χ1n) is 12.7. The third-order valence-corrected chi connectivity index (χ3v) is 6.34. The Balaban J connectivity index is 1.93. The Kier molecular flexibility index (Phi) is 8.99. The van der Waals surface area contributed by atoms with E-state index in [4.69, 9.17) is 4.74 Å². The summed E-state index contributed by atoms with van der Waals surface area (Å²) in [7, 11) is 1.52. The van der Waals surface area contributed by atoms with E-state index < -0.39 is 35.6 Å². The van der Waals surface area contributed by atoms with Gasteiger partial charge in [0, 0.05) is 12.7 Å². The standard InChI is InChI=1S/C30H37N3O5/c1-7-19(2)25(32-29(37)38-30(3,4)5)28(36)33(6)26(22-13-10-14-24(34)18-22)27(35)31-23-16-15-20-11-8-9-12-21(20)17-23/h8-19,25-26,34H,7H2,1-6H3,(H,31,35)(H,32,37). The summed E-state index contributed by atoms with van der Waals surface area (Å²) >= 11 is 0. The van der Waals surface area contributed by atoms with Crippen LogP contribution in [0, 0.1) is 5.92 Å². The molecule has 3 atom stereocenters. The summed E-state index contributed by atoms with van der Waals surface area (Å²) < 4.78 is 5.38. The van der Waals surface area contributed by atoms with E-state index in [0.29, 0.717) is 17.7 Å². The van der Waals surface area contributed by atoms with Crippen LogP contribution >= 0.6 is 0 Å². The van der Waals surface area contributed by atoms with Crippen molar-refractivity contribution in [3.8, 4) is 5.75 Å². The lowest BCUT2D eigenvalue weighted by molar-refractivity contribution is -0.140. The van der Waals surface area contributed by atoms with Crippen molar-refractivity contribution in [3.63, 3.8) is 0 Å². The van der Waals surface area contributed by atoms with E-state index in [0.717, 1.165) is 10.8 Å². The smallest absolute Gasteiger partial charge is 0.408 e. The molecule has 3 rings (SSSR count). The summed E-state index contributed by atoms with van der Waals surface area (Å²) in [6.45, 7) is 9.00. The van der Waals surface area contributed by atoms with Crippen LogP contribution in [0.3, 0.4) is 0 Å². The normalized spacial score (nSPS) is 13.7.